The number of benzene rings is 1. The first-order chi connectivity index (χ1) is 10.4. The van der Waals surface area contributed by atoms with E-state index in [1.807, 2.05) is 0 Å². The Morgan fingerprint density at radius 3 is 2.32 bits per heavy atom. The molecule has 0 bridgehead atoms. The molecule has 0 fully saturated rings. The summed E-state index contributed by atoms with van der Waals surface area (Å²) in [4.78, 5) is 14.8. The van der Waals surface area contributed by atoms with Crippen LogP contribution in [0.1, 0.15) is 42.3 Å². The van der Waals surface area contributed by atoms with Crippen molar-refractivity contribution in [2.75, 3.05) is 11.9 Å². The van der Waals surface area contributed by atoms with Crippen molar-refractivity contribution in [1.82, 2.24) is 4.98 Å². The van der Waals surface area contributed by atoms with Gasteiger partial charge in [-0.05, 0) is 35.1 Å². The number of carboxylic acids is 1. The van der Waals surface area contributed by atoms with Crippen LogP contribution in [-0.2, 0) is 11.8 Å². The summed E-state index contributed by atoms with van der Waals surface area (Å²) < 4.78 is 0. The van der Waals surface area contributed by atoms with Gasteiger partial charge in [-0.15, -0.1) is 0 Å². The summed E-state index contributed by atoms with van der Waals surface area (Å²) in [6.45, 7) is 7.37. The van der Waals surface area contributed by atoms with Crippen molar-refractivity contribution in [3.8, 4) is 0 Å². The van der Waals surface area contributed by atoms with E-state index in [1.54, 1.807) is 12.1 Å². The number of nitrogens with one attached hydrogen (secondary N) is 1. The Balaban J connectivity index is 1.87. The van der Waals surface area contributed by atoms with E-state index in [0.29, 0.717) is 5.82 Å². The molecular weight excluding hydrogens is 276 g/mol. The van der Waals surface area contributed by atoms with E-state index in [2.05, 4.69) is 55.3 Å². The standard InChI is InChI=1S/C18H22N2O2/c1-18(2,3)15-7-4-13(5-8-15)10-11-19-16-9-6-14(12-20-16)17(21)22/h4-9,12H,10-11H2,1-3H3,(H,19,20)(H,21,22). The molecule has 1 heterocycles. The summed E-state index contributed by atoms with van der Waals surface area (Å²) in [6, 6.07) is 11.9. The minimum Gasteiger partial charge on any atom is -0.478 e. The lowest BCUT2D eigenvalue weighted by Crippen LogP contribution is -2.11. The van der Waals surface area contributed by atoms with E-state index in [0.717, 1.165) is 13.0 Å². The number of hydrogen-bond acceptors (Lipinski definition) is 3. The highest BCUT2D eigenvalue weighted by molar-refractivity contribution is 5.87. The van der Waals surface area contributed by atoms with Gasteiger partial charge in [0, 0.05) is 12.7 Å². The summed E-state index contributed by atoms with van der Waals surface area (Å²) in [6.07, 6.45) is 2.26. The van der Waals surface area contributed by atoms with Gasteiger partial charge >= 0.3 is 5.97 Å². The molecule has 0 amide bonds. The van der Waals surface area contributed by atoms with Crippen LogP contribution in [0.5, 0.6) is 0 Å². The van der Waals surface area contributed by atoms with Crippen LogP contribution in [0, 0.1) is 0 Å². The van der Waals surface area contributed by atoms with Crippen molar-refractivity contribution in [2.45, 2.75) is 32.6 Å². The van der Waals surface area contributed by atoms with Crippen LogP contribution in [0.3, 0.4) is 0 Å². The molecule has 0 aliphatic carbocycles. The van der Waals surface area contributed by atoms with Crippen molar-refractivity contribution in [1.29, 1.82) is 0 Å². The van der Waals surface area contributed by atoms with Gasteiger partial charge in [0.2, 0.25) is 0 Å². The fraction of sp³-hybridized carbons (Fsp3) is 0.333. The molecule has 0 saturated heterocycles. The Bertz CT molecular complexity index is 626. The van der Waals surface area contributed by atoms with Crippen LogP contribution in [-0.4, -0.2) is 22.6 Å². The maximum Gasteiger partial charge on any atom is 0.337 e. The third kappa shape index (κ3) is 4.32. The van der Waals surface area contributed by atoms with Crippen LogP contribution in [0.4, 0.5) is 5.82 Å². The van der Waals surface area contributed by atoms with Gasteiger partial charge in [-0.2, -0.15) is 0 Å². The Morgan fingerprint density at radius 1 is 1.14 bits per heavy atom. The minimum absolute atomic E-state index is 0.173. The van der Waals surface area contributed by atoms with Crippen LogP contribution in [0.25, 0.3) is 0 Å². The third-order valence-electron chi connectivity index (χ3n) is 3.55. The van der Waals surface area contributed by atoms with Crippen molar-refractivity contribution in [3.63, 3.8) is 0 Å². The molecule has 2 N–H and O–H groups in total. The van der Waals surface area contributed by atoms with E-state index < -0.39 is 5.97 Å². The number of hydrogen-bond donors (Lipinski definition) is 2. The number of nitrogens with zero attached hydrogens (tertiary/aromatic N) is 1. The summed E-state index contributed by atoms with van der Waals surface area (Å²) in [5.74, 6) is -0.269. The van der Waals surface area contributed by atoms with E-state index in [-0.39, 0.29) is 11.0 Å². The summed E-state index contributed by atoms with van der Waals surface area (Å²) in [5.41, 5.74) is 2.97. The smallest absolute Gasteiger partial charge is 0.337 e. The third-order valence-corrected chi connectivity index (χ3v) is 3.55. The van der Waals surface area contributed by atoms with Gasteiger partial charge in [-0.3, -0.25) is 0 Å². The molecule has 1 aromatic heterocycles. The quantitative estimate of drug-likeness (QED) is 0.883. The zero-order chi connectivity index (χ0) is 16.2. The molecule has 22 heavy (non-hydrogen) atoms. The second-order valence-corrected chi connectivity index (χ2v) is 6.36. The lowest BCUT2D eigenvalue weighted by Gasteiger charge is -2.19. The molecule has 0 unspecified atom stereocenters. The molecule has 0 saturated carbocycles. The first kappa shape index (κ1) is 16.0. The number of carbonyl (C=O) groups is 1. The first-order valence-corrected chi connectivity index (χ1v) is 7.39. The predicted octanol–water partition coefficient (Wildman–Crippen LogP) is 3.73. The lowest BCUT2D eigenvalue weighted by atomic mass is 9.86. The summed E-state index contributed by atoms with van der Waals surface area (Å²) >= 11 is 0. The van der Waals surface area contributed by atoms with Crippen molar-refractivity contribution in [2.24, 2.45) is 0 Å². The Labute approximate surface area is 131 Å². The van der Waals surface area contributed by atoms with E-state index in [1.165, 1.54) is 17.3 Å². The summed E-state index contributed by atoms with van der Waals surface area (Å²) in [7, 11) is 0. The van der Waals surface area contributed by atoms with E-state index in [9.17, 15) is 4.79 Å². The second-order valence-electron chi connectivity index (χ2n) is 6.36. The van der Waals surface area contributed by atoms with Crippen LogP contribution in [0.2, 0.25) is 0 Å². The number of carboxylic acid groups (broad SMARTS) is 1. The second kappa shape index (κ2) is 6.60. The number of rotatable bonds is 5. The average molecular weight is 298 g/mol. The maximum atomic E-state index is 10.7. The number of aromatic carboxylic acids is 1. The van der Waals surface area contributed by atoms with Gasteiger partial charge in [0.15, 0.2) is 0 Å². The molecule has 0 radical (unpaired) electrons. The van der Waals surface area contributed by atoms with Crippen LogP contribution >= 0.6 is 0 Å². The van der Waals surface area contributed by atoms with Gasteiger partial charge in [0.05, 0.1) is 5.56 Å². The van der Waals surface area contributed by atoms with Crippen molar-refractivity contribution >= 4 is 11.8 Å². The number of anilines is 1. The van der Waals surface area contributed by atoms with E-state index in [4.69, 9.17) is 5.11 Å². The molecule has 2 rings (SSSR count). The lowest BCUT2D eigenvalue weighted by molar-refractivity contribution is 0.0696. The maximum absolute atomic E-state index is 10.7. The zero-order valence-corrected chi connectivity index (χ0v) is 13.3. The SMILES string of the molecule is CC(C)(C)c1ccc(CCNc2ccc(C(=O)O)cn2)cc1. The molecule has 0 aliphatic heterocycles. The highest BCUT2D eigenvalue weighted by Crippen LogP contribution is 2.22. The fourth-order valence-corrected chi connectivity index (χ4v) is 2.13. The topological polar surface area (TPSA) is 62.2 Å². The van der Waals surface area contributed by atoms with Gasteiger partial charge in [-0.25, -0.2) is 9.78 Å². The molecular formula is C18H22N2O2. The molecule has 0 spiro atoms. The molecule has 4 heteroatoms. The Hall–Kier alpha value is -2.36. The minimum atomic E-state index is -0.960. The first-order valence-electron chi connectivity index (χ1n) is 7.39. The van der Waals surface area contributed by atoms with Gasteiger partial charge < -0.3 is 10.4 Å². The highest BCUT2D eigenvalue weighted by Gasteiger charge is 2.12. The van der Waals surface area contributed by atoms with Gasteiger partial charge in [0.1, 0.15) is 5.82 Å². The van der Waals surface area contributed by atoms with Crippen molar-refractivity contribution < 1.29 is 9.90 Å². The summed E-state index contributed by atoms with van der Waals surface area (Å²) in [5, 5.41) is 12.0. The van der Waals surface area contributed by atoms with Gasteiger partial charge in [-0.1, -0.05) is 45.0 Å². The largest absolute Gasteiger partial charge is 0.478 e. The molecule has 4 nitrogen and oxygen atoms in total. The van der Waals surface area contributed by atoms with Gasteiger partial charge in [0.25, 0.3) is 0 Å². The number of aromatic nitrogens is 1. The van der Waals surface area contributed by atoms with E-state index >= 15 is 0 Å². The molecule has 0 atom stereocenters. The predicted molar refractivity (Wildman–Crippen MR) is 88.5 cm³/mol. The Morgan fingerprint density at radius 2 is 1.82 bits per heavy atom. The number of pyridine rings is 1. The molecule has 1 aromatic carbocycles. The van der Waals surface area contributed by atoms with Crippen molar-refractivity contribution in [3.05, 3.63) is 59.3 Å². The van der Waals surface area contributed by atoms with Crippen LogP contribution < -0.4 is 5.32 Å². The monoisotopic (exact) mass is 298 g/mol. The molecule has 0 aliphatic rings. The van der Waals surface area contributed by atoms with Crippen LogP contribution in [0.15, 0.2) is 42.6 Å². The zero-order valence-electron chi connectivity index (χ0n) is 13.3. The highest BCUT2D eigenvalue weighted by atomic mass is 16.4. The molecule has 116 valence electrons. The Kier molecular flexibility index (Phi) is 4.81. The molecule has 2 aromatic rings. The normalized spacial score (nSPS) is 11.2. The fourth-order valence-electron chi connectivity index (χ4n) is 2.13. The average Bonchev–Trinajstić information content (AvgIpc) is 2.47.